The molecule has 31 heavy (non-hydrogen) atoms. The summed E-state index contributed by atoms with van der Waals surface area (Å²) in [5.41, 5.74) is 2.69. The zero-order valence-electron chi connectivity index (χ0n) is 17.7. The number of rotatable bonds is 5. The molecule has 0 saturated heterocycles. The van der Waals surface area contributed by atoms with Crippen molar-refractivity contribution in [2.45, 2.75) is 19.9 Å². The van der Waals surface area contributed by atoms with E-state index in [1.807, 2.05) is 61.5 Å². The van der Waals surface area contributed by atoms with Crippen LogP contribution in [-0.2, 0) is 4.79 Å². The van der Waals surface area contributed by atoms with E-state index in [2.05, 4.69) is 4.99 Å². The van der Waals surface area contributed by atoms with Gasteiger partial charge in [-0.1, -0.05) is 35.6 Å². The molecule has 1 aliphatic rings. The molecule has 2 aromatic carbocycles. The van der Waals surface area contributed by atoms with Gasteiger partial charge in [-0.05, 0) is 55.3 Å². The number of Topliss-reactive ketones (excluding diaryl/α,β-unsaturated/α-hetero) is 1. The van der Waals surface area contributed by atoms with Gasteiger partial charge in [-0.2, -0.15) is 0 Å². The highest BCUT2D eigenvalue weighted by Gasteiger charge is 2.30. The second-order valence-corrected chi connectivity index (χ2v) is 8.19. The highest BCUT2D eigenvalue weighted by molar-refractivity contribution is 7.07. The van der Waals surface area contributed by atoms with Crippen molar-refractivity contribution in [3.8, 4) is 11.5 Å². The van der Waals surface area contributed by atoms with Crippen LogP contribution in [0.1, 0.15) is 31.0 Å². The Hall–Kier alpha value is -3.45. The van der Waals surface area contributed by atoms with Gasteiger partial charge in [0.1, 0.15) is 11.5 Å². The van der Waals surface area contributed by atoms with E-state index in [1.54, 1.807) is 18.8 Å². The molecule has 1 aliphatic heterocycles. The molecule has 0 fully saturated rings. The van der Waals surface area contributed by atoms with Gasteiger partial charge in [-0.25, -0.2) is 4.99 Å². The van der Waals surface area contributed by atoms with Gasteiger partial charge in [0, 0.05) is 11.3 Å². The largest absolute Gasteiger partial charge is 0.497 e. The molecule has 158 valence electrons. The number of ether oxygens (including phenoxy) is 2. The summed E-state index contributed by atoms with van der Waals surface area (Å²) in [7, 11) is 3.21. The van der Waals surface area contributed by atoms with E-state index in [0.29, 0.717) is 26.4 Å². The van der Waals surface area contributed by atoms with Crippen LogP contribution in [0.25, 0.3) is 6.08 Å². The molecule has 2 heterocycles. The molecular formula is C24H22N2O4S. The van der Waals surface area contributed by atoms with Gasteiger partial charge >= 0.3 is 0 Å². The number of carbonyl (C=O) groups excluding carboxylic acids is 1. The van der Waals surface area contributed by atoms with Gasteiger partial charge in [-0.15, -0.1) is 0 Å². The maximum Gasteiger partial charge on any atom is 0.271 e. The third-order valence-corrected chi connectivity index (χ3v) is 6.23. The van der Waals surface area contributed by atoms with Crippen molar-refractivity contribution in [1.29, 1.82) is 0 Å². The summed E-state index contributed by atoms with van der Waals surface area (Å²) >= 11 is 1.32. The molecule has 7 heteroatoms. The van der Waals surface area contributed by atoms with Gasteiger partial charge in [0.05, 0.1) is 24.8 Å². The number of allylic oxidation sites excluding steroid dienone is 2. The second-order valence-electron chi connectivity index (χ2n) is 7.18. The lowest BCUT2D eigenvalue weighted by atomic mass is 9.93. The molecule has 0 saturated carbocycles. The summed E-state index contributed by atoms with van der Waals surface area (Å²) in [4.78, 5) is 31.1. The Bertz CT molecular complexity index is 1350. The SMILES string of the molecule is COc1ccc(/C=c2/sc3n(c2=O)[C@H](c2ccc(OC)cc2)C(C(C)=O)=C(C)N=3)cc1. The van der Waals surface area contributed by atoms with Gasteiger partial charge in [0.2, 0.25) is 0 Å². The Kier molecular flexibility index (Phi) is 5.61. The van der Waals surface area contributed by atoms with Crippen LogP contribution < -0.4 is 24.4 Å². The third kappa shape index (κ3) is 3.84. The number of fused-ring (bicyclic) bond motifs is 1. The Morgan fingerprint density at radius 3 is 2.16 bits per heavy atom. The lowest BCUT2D eigenvalue weighted by Crippen LogP contribution is -2.39. The van der Waals surface area contributed by atoms with Gasteiger partial charge in [0.25, 0.3) is 5.56 Å². The van der Waals surface area contributed by atoms with Crippen molar-refractivity contribution >= 4 is 23.2 Å². The maximum atomic E-state index is 13.4. The van der Waals surface area contributed by atoms with Crippen LogP contribution in [-0.4, -0.2) is 24.6 Å². The average molecular weight is 435 g/mol. The number of aromatic nitrogens is 1. The number of methoxy groups -OCH3 is 2. The van der Waals surface area contributed by atoms with Crippen LogP contribution in [0.5, 0.6) is 11.5 Å². The molecule has 4 rings (SSSR count). The third-order valence-electron chi connectivity index (χ3n) is 5.25. The van der Waals surface area contributed by atoms with E-state index in [0.717, 1.165) is 16.9 Å². The Morgan fingerprint density at radius 1 is 1.03 bits per heavy atom. The maximum absolute atomic E-state index is 13.4. The van der Waals surface area contributed by atoms with Crippen molar-refractivity contribution < 1.29 is 14.3 Å². The van der Waals surface area contributed by atoms with Crippen molar-refractivity contribution in [2.24, 2.45) is 4.99 Å². The summed E-state index contributed by atoms with van der Waals surface area (Å²) in [6, 6.07) is 14.4. The fourth-order valence-corrected chi connectivity index (χ4v) is 4.77. The summed E-state index contributed by atoms with van der Waals surface area (Å²) in [5, 5.41) is 0. The van der Waals surface area contributed by atoms with Crippen molar-refractivity contribution in [3.05, 3.63) is 90.6 Å². The quantitative estimate of drug-likeness (QED) is 0.619. The highest BCUT2D eigenvalue weighted by atomic mass is 32.1. The predicted octanol–water partition coefficient (Wildman–Crippen LogP) is 2.84. The Morgan fingerprint density at radius 2 is 1.61 bits per heavy atom. The molecule has 0 N–H and O–H groups in total. The van der Waals surface area contributed by atoms with Crippen LogP contribution >= 0.6 is 11.3 Å². The normalized spacial score (nSPS) is 16.0. The zero-order chi connectivity index (χ0) is 22.1. The smallest absolute Gasteiger partial charge is 0.271 e. The van der Waals surface area contributed by atoms with Gasteiger partial charge in [-0.3, -0.25) is 14.2 Å². The topological polar surface area (TPSA) is 69.9 Å². The molecule has 0 unspecified atom stereocenters. The molecule has 0 amide bonds. The minimum absolute atomic E-state index is 0.105. The minimum Gasteiger partial charge on any atom is -0.497 e. The Balaban J connectivity index is 1.91. The first-order chi connectivity index (χ1) is 14.9. The monoisotopic (exact) mass is 434 g/mol. The van der Waals surface area contributed by atoms with Crippen LogP contribution in [0.2, 0.25) is 0 Å². The van der Waals surface area contributed by atoms with Crippen LogP contribution in [0, 0.1) is 0 Å². The molecule has 0 bridgehead atoms. The molecular weight excluding hydrogens is 412 g/mol. The molecule has 1 atom stereocenters. The number of hydrogen-bond acceptors (Lipinski definition) is 6. The Labute approximate surface area is 183 Å². The zero-order valence-corrected chi connectivity index (χ0v) is 18.5. The molecule has 0 aliphatic carbocycles. The molecule has 3 aromatic rings. The van der Waals surface area contributed by atoms with Crippen LogP contribution in [0.15, 0.2) is 69.6 Å². The van der Waals surface area contributed by atoms with Crippen molar-refractivity contribution in [1.82, 2.24) is 4.57 Å². The van der Waals surface area contributed by atoms with Crippen molar-refractivity contribution in [3.63, 3.8) is 0 Å². The van der Waals surface area contributed by atoms with E-state index in [4.69, 9.17) is 9.47 Å². The first-order valence-electron chi connectivity index (χ1n) is 9.74. The lowest BCUT2D eigenvalue weighted by molar-refractivity contribution is -0.114. The second kappa shape index (κ2) is 8.35. The number of nitrogens with zero attached hydrogens (tertiary/aromatic N) is 2. The first-order valence-corrected chi connectivity index (χ1v) is 10.6. The van der Waals surface area contributed by atoms with Crippen LogP contribution in [0.4, 0.5) is 0 Å². The van der Waals surface area contributed by atoms with E-state index in [-0.39, 0.29) is 11.3 Å². The molecule has 1 aromatic heterocycles. The number of hydrogen-bond donors (Lipinski definition) is 0. The van der Waals surface area contributed by atoms with Crippen LogP contribution in [0.3, 0.4) is 0 Å². The first kappa shape index (κ1) is 20.8. The standard InChI is InChI=1S/C24H22N2O4S/c1-14-21(15(2)27)22(17-7-11-19(30-4)12-8-17)26-23(28)20(31-24(26)25-14)13-16-5-9-18(29-3)10-6-16/h5-13,22H,1-4H3/b20-13+/t22-/m1/s1. The summed E-state index contributed by atoms with van der Waals surface area (Å²) in [6.45, 7) is 3.32. The number of ketones is 1. The molecule has 0 spiro atoms. The number of benzene rings is 2. The number of carbonyl (C=O) groups is 1. The van der Waals surface area contributed by atoms with E-state index >= 15 is 0 Å². The van der Waals surface area contributed by atoms with Gasteiger partial charge in [0.15, 0.2) is 10.6 Å². The average Bonchev–Trinajstić information content (AvgIpc) is 3.07. The highest BCUT2D eigenvalue weighted by Crippen LogP contribution is 2.31. The summed E-state index contributed by atoms with van der Waals surface area (Å²) in [5.74, 6) is 1.35. The van der Waals surface area contributed by atoms with E-state index in [1.165, 1.54) is 18.3 Å². The summed E-state index contributed by atoms with van der Waals surface area (Å²) < 4.78 is 12.6. The van der Waals surface area contributed by atoms with E-state index in [9.17, 15) is 9.59 Å². The fraction of sp³-hybridized carbons (Fsp3) is 0.208. The predicted molar refractivity (Wildman–Crippen MR) is 120 cm³/mol. The van der Waals surface area contributed by atoms with Gasteiger partial charge < -0.3 is 9.47 Å². The van der Waals surface area contributed by atoms with E-state index < -0.39 is 6.04 Å². The van der Waals surface area contributed by atoms with Crippen molar-refractivity contribution in [2.75, 3.05) is 14.2 Å². The number of thiazole rings is 1. The minimum atomic E-state index is -0.530. The molecule has 0 radical (unpaired) electrons. The fourth-order valence-electron chi connectivity index (χ4n) is 3.72. The molecule has 6 nitrogen and oxygen atoms in total. The summed E-state index contributed by atoms with van der Waals surface area (Å²) in [6.07, 6.45) is 1.83. The lowest BCUT2D eigenvalue weighted by Gasteiger charge is -2.24.